The predicted octanol–water partition coefficient (Wildman–Crippen LogP) is 1.34. The molecule has 7 nitrogen and oxygen atoms in total. The lowest BCUT2D eigenvalue weighted by molar-refractivity contribution is -0.144. The Morgan fingerprint density at radius 3 is 2.26 bits per heavy atom. The number of imide groups is 1. The number of nitrogens with one attached hydrogen (secondary N) is 1. The number of benzene rings is 1. The molecule has 1 aliphatic heterocycles. The van der Waals surface area contributed by atoms with E-state index < -0.39 is 17.9 Å². The van der Waals surface area contributed by atoms with Crippen molar-refractivity contribution in [2.24, 2.45) is 0 Å². The van der Waals surface area contributed by atoms with E-state index >= 15 is 0 Å². The number of hydrogen-bond acceptors (Lipinski definition) is 5. The molecule has 1 atom stereocenters. The Labute approximate surface area is 133 Å². The van der Waals surface area contributed by atoms with Crippen LogP contribution in [0.5, 0.6) is 0 Å². The van der Waals surface area contributed by atoms with Gasteiger partial charge in [-0.2, -0.15) is 0 Å². The number of hydrogen-bond donors (Lipinski definition) is 1. The smallest absolute Gasteiger partial charge is 0.338 e. The fraction of sp³-hybridized carbons (Fsp3) is 0.375. The van der Waals surface area contributed by atoms with Gasteiger partial charge in [-0.3, -0.25) is 19.3 Å². The zero-order valence-corrected chi connectivity index (χ0v) is 13.0. The van der Waals surface area contributed by atoms with Crippen molar-refractivity contribution in [1.29, 1.82) is 0 Å². The van der Waals surface area contributed by atoms with Gasteiger partial charge in [0.2, 0.25) is 17.7 Å². The van der Waals surface area contributed by atoms with Crippen LogP contribution in [0.2, 0.25) is 0 Å². The van der Waals surface area contributed by atoms with E-state index in [0.29, 0.717) is 11.3 Å². The largest absolute Gasteiger partial charge is 0.462 e. The van der Waals surface area contributed by atoms with Crippen molar-refractivity contribution in [3.8, 4) is 0 Å². The van der Waals surface area contributed by atoms with Crippen molar-refractivity contribution in [3.63, 3.8) is 0 Å². The maximum absolute atomic E-state index is 12.2. The first-order valence-electron chi connectivity index (χ1n) is 7.37. The average Bonchev–Trinajstić information content (AvgIpc) is 2.86. The number of amides is 3. The summed E-state index contributed by atoms with van der Waals surface area (Å²) in [6.07, 6.45) is 0.287. The van der Waals surface area contributed by atoms with E-state index in [1.54, 1.807) is 19.1 Å². The molecule has 0 aliphatic carbocycles. The SMILES string of the molecule is CCOC(=O)c1ccc(NC(=O)[C@H](C)N2C(=O)CCC2=O)cc1. The van der Waals surface area contributed by atoms with Gasteiger partial charge in [0.25, 0.3) is 0 Å². The summed E-state index contributed by atoms with van der Waals surface area (Å²) < 4.78 is 4.87. The number of nitrogens with zero attached hydrogens (tertiary/aromatic N) is 1. The van der Waals surface area contributed by atoms with Gasteiger partial charge >= 0.3 is 5.97 Å². The van der Waals surface area contributed by atoms with Gasteiger partial charge in [0, 0.05) is 18.5 Å². The zero-order valence-electron chi connectivity index (χ0n) is 13.0. The van der Waals surface area contributed by atoms with Gasteiger partial charge in [0.05, 0.1) is 12.2 Å². The van der Waals surface area contributed by atoms with E-state index in [1.165, 1.54) is 19.1 Å². The molecule has 2 rings (SSSR count). The number of anilines is 1. The molecule has 1 aliphatic rings. The molecule has 0 saturated carbocycles. The molecule has 0 aromatic heterocycles. The van der Waals surface area contributed by atoms with Gasteiger partial charge in [0.1, 0.15) is 6.04 Å². The molecule has 7 heteroatoms. The number of ether oxygens (including phenoxy) is 1. The second kappa shape index (κ2) is 7.04. The fourth-order valence-electron chi connectivity index (χ4n) is 2.29. The van der Waals surface area contributed by atoms with E-state index in [0.717, 1.165) is 4.90 Å². The maximum atomic E-state index is 12.2. The highest BCUT2D eigenvalue weighted by molar-refractivity contribution is 6.07. The lowest BCUT2D eigenvalue weighted by atomic mass is 10.2. The number of esters is 1. The van der Waals surface area contributed by atoms with Gasteiger partial charge in [0.15, 0.2) is 0 Å². The third-order valence-corrected chi connectivity index (χ3v) is 3.52. The van der Waals surface area contributed by atoms with Gasteiger partial charge in [-0.05, 0) is 38.1 Å². The molecule has 0 radical (unpaired) electrons. The van der Waals surface area contributed by atoms with Crippen LogP contribution >= 0.6 is 0 Å². The number of carbonyl (C=O) groups is 4. The minimum absolute atomic E-state index is 0.144. The van der Waals surface area contributed by atoms with Crippen molar-refractivity contribution in [2.75, 3.05) is 11.9 Å². The van der Waals surface area contributed by atoms with E-state index in [-0.39, 0.29) is 31.3 Å². The monoisotopic (exact) mass is 318 g/mol. The Hall–Kier alpha value is -2.70. The van der Waals surface area contributed by atoms with Crippen LogP contribution in [0.25, 0.3) is 0 Å². The maximum Gasteiger partial charge on any atom is 0.338 e. The topological polar surface area (TPSA) is 92.8 Å². The first-order chi connectivity index (χ1) is 10.9. The molecule has 1 aromatic carbocycles. The summed E-state index contributed by atoms with van der Waals surface area (Å²) >= 11 is 0. The minimum atomic E-state index is -0.873. The van der Waals surface area contributed by atoms with Crippen molar-refractivity contribution >= 4 is 29.4 Å². The Bertz CT molecular complexity index is 622. The summed E-state index contributed by atoms with van der Waals surface area (Å²) in [5.74, 6) is -1.57. The minimum Gasteiger partial charge on any atom is -0.462 e. The lowest BCUT2D eigenvalue weighted by Crippen LogP contribution is -2.44. The molecule has 1 fully saturated rings. The number of carbonyl (C=O) groups excluding carboxylic acids is 4. The number of likely N-dealkylation sites (tertiary alicyclic amines) is 1. The van der Waals surface area contributed by atoms with E-state index in [1.807, 2.05) is 0 Å². The molecule has 1 heterocycles. The highest BCUT2D eigenvalue weighted by Gasteiger charge is 2.36. The second-order valence-electron chi connectivity index (χ2n) is 5.12. The fourth-order valence-corrected chi connectivity index (χ4v) is 2.29. The average molecular weight is 318 g/mol. The third-order valence-electron chi connectivity index (χ3n) is 3.52. The van der Waals surface area contributed by atoms with Crippen LogP contribution in [0.15, 0.2) is 24.3 Å². The molecule has 1 N–H and O–H groups in total. The molecule has 122 valence electrons. The van der Waals surface area contributed by atoms with Gasteiger partial charge < -0.3 is 10.1 Å². The Balaban J connectivity index is 2.01. The Morgan fingerprint density at radius 2 is 1.74 bits per heavy atom. The van der Waals surface area contributed by atoms with Crippen LogP contribution in [0.1, 0.15) is 37.0 Å². The quantitative estimate of drug-likeness (QED) is 0.653. The molecular formula is C16H18N2O5. The molecule has 0 unspecified atom stereocenters. The van der Waals surface area contributed by atoms with Gasteiger partial charge in [-0.1, -0.05) is 0 Å². The highest BCUT2D eigenvalue weighted by atomic mass is 16.5. The molecule has 3 amide bonds. The van der Waals surface area contributed by atoms with Crippen molar-refractivity contribution in [3.05, 3.63) is 29.8 Å². The summed E-state index contributed by atoms with van der Waals surface area (Å²) in [6, 6.07) is 5.31. The Morgan fingerprint density at radius 1 is 1.17 bits per heavy atom. The van der Waals surface area contributed by atoms with Crippen molar-refractivity contribution in [1.82, 2.24) is 4.90 Å². The summed E-state index contributed by atoms with van der Waals surface area (Å²) in [5.41, 5.74) is 0.844. The van der Waals surface area contributed by atoms with Gasteiger partial charge in [-0.15, -0.1) is 0 Å². The lowest BCUT2D eigenvalue weighted by Gasteiger charge is -2.21. The molecule has 23 heavy (non-hydrogen) atoms. The van der Waals surface area contributed by atoms with E-state index in [4.69, 9.17) is 4.74 Å². The molecule has 1 saturated heterocycles. The summed E-state index contributed by atoms with van der Waals surface area (Å²) in [5, 5.41) is 2.62. The van der Waals surface area contributed by atoms with Crippen molar-refractivity contribution < 1.29 is 23.9 Å². The van der Waals surface area contributed by atoms with Gasteiger partial charge in [-0.25, -0.2) is 4.79 Å². The number of rotatable bonds is 5. The molecule has 1 aromatic rings. The first kappa shape index (κ1) is 16.7. The second-order valence-corrected chi connectivity index (χ2v) is 5.12. The molecular weight excluding hydrogens is 300 g/mol. The molecule has 0 bridgehead atoms. The van der Waals surface area contributed by atoms with Crippen molar-refractivity contribution in [2.45, 2.75) is 32.7 Å². The third kappa shape index (κ3) is 3.74. The van der Waals surface area contributed by atoms with E-state index in [9.17, 15) is 19.2 Å². The van der Waals surface area contributed by atoms with Crippen LogP contribution in [0.4, 0.5) is 5.69 Å². The van der Waals surface area contributed by atoms with Crippen LogP contribution in [-0.4, -0.2) is 41.2 Å². The predicted molar refractivity (Wildman–Crippen MR) is 81.6 cm³/mol. The first-order valence-corrected chi connectivity index (χ1v) is 7.37. The normalized spacial score (nSPS) is 15.5. The summed E-state index contributed by atoms with van der Waals surface area (Å²) in [4.78, 5) is 48.0. The summed E-state index contributed by atoms with van der Waals surface area (Å²) in [6.45, 7) is 3.50. The van der Waals surface area contributed by atoms with E-state index in [2.05, 4.69) is 5.32 Å². The van der Waals surface area contributed by atoms with Crippen LogP contribution < -0.4 is 5.32 Å². The summed E-state index contributed by atoms with van der Waals surface area (Å²) in [7, 11) is 0. The Kier molecular flexibility index (Phi) is 5.10. The van der Waals surface area contributed by atoms with Crippen LogP contribution in [-0.2, 0) is 19.1 Å². The standard InChI is InChI=1S/C16H18N2O5/c1-3-23-16(22)11-4-6-12(7-5-11)17-15(21)10(2)18-13(19)8-9-14(18)20/h4-7,10H,3,8-9H2,1-2H3,(H,17,21)/t10-/m0/s1. The molecule has 0 spiro atoms. The highest BCUT2D eigenvalue weighted by Crippen LogP contribution is 2.17. The zero-order chi connectivity index (χ0) is 17.0. The van der Waals surface area contributed by atoms with Crippen LogP contribution in [0, 0.1) is 0 Å². The van der Waals surface area contributed by atoms with Crippen LogP contribution in [0.3, 0.4) is 0 Å².